The zero-order valence-electron chi connectivity index (χ0n) is 12.6. The largest absolute Gasteiger partial charge is 0.573 e. The molecule has 0 saturated carbocycles. The molecule has 1 amide bonds. The SMILES string of the molecule is O=C(NNC(=S)Nc1ccc(OC(F)(F)F)cc1)[C@H]1CCS(=O)(=O)C1. The molecule has 0 aromatic heterocycles. The van der Waals surface area contributed by atoms with Gasteiger partial charge in [0.1, 0.15) is 5.75 Å². The van der Waals surface area contributed by atoms with Gasteiger partial charge in [-0.3, -0.25) is 15.6 Å². The number of carbonyl (C=O) groups is 1. The minimum Gasteiger partial charge on any atom is -0.406 e. The van der Waals surface area contributed by atoms with E-state index >= 15 is 0 Å². The molecule has 7 nitrogen and oxygen atoms in total. The van der Waals surface area contributed by atoms with Crippen LogP contribution in [0.5, 0.6) is 5.75 Å². The summed E-state index contributed by atoms with van der Waals surface area (Å²) in [5, 5.41) is 2.63. The van der Waals surface area contributed by atoms with Gasteiger partial charge in [-0.15, -0.1) is 13.2 Å². The predicted molar refractivity (Wildman–Crippen MR) is 87.4 cm³/mol. The summed E-state index contributed by atoms with van der Waals surface area (Å²) in [6, 6.07) is 4.81. The van der Waals surface area contributed by atoms with Crippen LogP contribution >= 0.6 is 12.2 Å². The Bertz CT molecular complexity index is 751. The normalized spacial score (nSPS) is 19.1. The molecule has 1 aliphatic rings. The van der Waals surface area contributed by atoms with E-state index in [0.29, 0.717) is 5.69 Å². The maximum Gasteiger partial charge on any atom is 0.573 e. The molecule has 1 atom stereocenters. The standard InChI is InChI=1S/C13H14F3N3O4S2/c14-13(15,16)23-10-3-1-9(2-4-10)17-12(24)19-18-11(20)8-5-6-25(21,22)7-8/h1-4,8H,5-7H2,(H,18,20)(H2,17,19,24)/t8-/m0/s1. The second kappa shape index (κ2) is 7.44. The number of amides is 1. The zero-order valence-corrected chi connectivity index (χ0v) is 14.2. The molecule has 1 saturated heterocycles. The van der Waals surface area contributed by atoms with E-state index in [4.69, 9.17) is 12.2 Å². The van der Waals surface area contributed by atoms with Gasteiger partial charge in [-0.05, 0) is 42.9 Å². The Kier molecular flexibility index (Phi) is 5.72. The summed E-state index contributed by atoms with van der Waals surface area (Å²) in [5.74, 6) is -1.76. The lowest BCUT2D eigenvalue weighted by molar-refractivity contribution is -0.274. The van der Waals surface area contributed by atoms with Crippen LogP contribution < -0.4 is 20.9 Å². The van der Waals surface area contributed by atoms with Crippen LogP contribution in [0.2, 0.25) is 0 Å². The molecule has 1 aliphatic heterocycles. The lowest BCUT2D eigenvalue weighted by Gasteiger charge is -2.14. The molecule has 1 fully saturated rings. The first-order valence-electron chi connectivity index (χ1n) is 6.97. The highest BCUT2D eigenvalue weighted by Crippen LogP contribution is 2.24. The summed E-state index contributed by atoms with van der Waals surface area (Å²) in [5.41, 5.74) is 5.06. The van der Waals surface area contributed by atoms with E-state index in [2.05, 4.69) is 20.9 Å². The van der Waals surface area contributed by atoms with Crippen LogP contribution in [0.3, 0.4) is 0 Å². The van der Waals surface area contributed by atoms with Crippen molar-refractivity contribution >= 4 is 38.8 Å². The van der Waals surface area contributed by atoms with Crippen LogP contribution in [0, 0.1) is 5.92 Å². The minimum absolute atomic E-state index is 0.0151. The maximum absolute atomic E-state index is 12.1. The molecule has 3 N–H and O–H groups in total. The highest BCUT2D eigenvalue weighted by Gasteiger charge is 2.33. The number of thiocarbonyl (C=S) groups is 1. The summed E-state index contributed by atoms with van der Waals surface area (Å²) < 4.78 is 62.5. The number of nitrogens with one attached hydrogen (secondary N) is 3. The summed E-state index contributed by atoms with van der Waals surface area (Å²) in [6.45, 7) is 0. The zero-order chi connectivity index (χ0) is 18.7. The molecule has 0 spiro atoms. The Hall–Kier alpha value is -2.08. The predicted octanol–water partition coefficient (Wildman–Crippen LogP) is 1.34. The Balaban J connectivity index is 1.79. The molecule has 0 unspecified atom stereocenters. The summed E-state index contributed by atoms with van der Waals surface area (Å²) in [6.07, 6.45) is -4.53. The van der Waals surface area contributed by atoms with Crippen LogP contribution in [-0.4, -0.2) is 37.3 Å². The van der Waals surface area contributed by atoms with Crippen molar-refractivity contribution in [2.24, 2.45) is 5.92 Å². The molecular weight excluding hydrogens is 383 g/mol. The van der Waals surface area contributed by atoms with Gasteiger partial charge in [-0.1, -0.05) is 0 Å². The molecule has 2 rings (SSSR count). The second-order valence-corrected chi connectivity index (χ2v) is 7.88. The van der Waals surface area contributed by atoms with E-state index in [1.165, 1.54) is 12.1 Å². The molecule has 25 heavy (non-hydrogen) atoms. The van der Waals surface area contributed by atoms with Gasteiger partial charge in [0.15, 0.2) is 14.9 Å². The quantitative estimate of drug-likeness (QED) is 0.523. The molecule has 138 valence electrons. The monoisotopic (exact) mass is 397 g/mol. The van der Waals surface area contributed by atoms with Crippen molar-refractivity contribution in [3.8, 4) is 5.75 Å². The van der Waals surface area contributed by atoms with Gasteiger partial charge in [-0.25, -0.2) is 8.42 Å². The van der Waals surface area contributed by atoms with Gasteiger partial charge in [0.25, 0.3) is 0 Å². The first kappa shape index (κ1) is 19.2. The first-order valence-corrected chi connectivity index (χ1v) is 9.20. The van der Waals surface area contributed by atoms with Crippen molar-refractivity contribution in [1.82, 2.24) is 10.9 Å². The van der Waals surface area contributed by atoms with Crippen molar-refractivity contribution in [2.75, 3.05) is 16.8 Å². The summed E-state index contributed by atoms with van der Waals surface area (Å²) in [4.78, 5) is 11.8. The summed E-state index contributed by atoms with van der Waals surface area (Å²) >= 11 is 4.93. The van der Waals surface area contributed by atoms with Gasteiger partial charge in [-0.2, -0.15) is 0 Å². The molecule has 1 heterocycles. The molecule has 1 aromatic carbocycles. The van der Waals surface area contributed by atoms with Gasteiger partial charge in [0.2, 0.25) is 5.91 Å². The first-order chi connectivity index (χ1) is 11.5. The third-order valence-corrected chi connectivity index (χ3v) is 5.22. The van der Waals surface area contributed by atoms with Crippen LogP contribution in [-0.2, 0) is 14.6 Å². The van der Waals surface area contributed by atoms with Crippen molar-refractivity contribution in [3.05, 3.63) is 24.3 Å². The highest BCUT2D eigenvalue weighted by atomic mass is 32.2. The third-order valence-electron chi connectivity index (χ3n) is 3.25. The number of hydrogen-bond donors (Lipinski definition) is 3. The number of ether oxygens (including phenoxy) is 1. The van der Waals surface area contributed by atoms with Gasteiger partial charge in [0.05, 0.1) is 17.4 Å². The van der Waals surface area contributed by atoms with Crippen molar-refractivity contribution in [3.63, 3.8) is 0 Å². The molecule has 12 heteroatoms. The average Bonchev–Trinajstić information content (AvgIpc) is 2.85. The number of hydrazine groups is 1. The lowest BCUT2D eigenvalue weighted by atomic mass is 10.1. The number of rotatable bonds is 3. The van der Waals surface area contributed by atoms with Crippen LogP contribution in [0.4, 0.5) is 18.9 Å². The lowest BCUT2D eigenvalue weighted by Crippen LogP contribution is -2.46. The van der Waals surface area contributed by atoms with Crippen molar-refractivity contribution in [1.29, 1.82) is 0 Å². The minimum atomic E-state index is -4.77. The van der Waals surface area contributed by atoms with E-state index in [9.17, 15) is 26.4 Å². The molecule has 0 aliphatic carbocycles. The third kappa shape index (κ3) is 6.38. The van der Waals surface area contributed by atoms with Gasteiger partial charge >= 0.3 is 6.36 Å². The molecule has 0 bridgehead atoms. The van der Waals surface area contributed by atoms with Crippen LogP contribution in [0.1, 0.15) is 6.42 Å². The Morgan fingerprint density at radius 3 is 2.36 bits per heavy atom. The van der Waals surface area contributed by atoms with E-state index in [0.717, 1.165) is 12.1 Å². The number of alkyl halides is 3. The van der Waals surface area contributed by atoms with E-state index < -0.39 is 28.0 Å². The fourth-order valence-corrected chi connectivity index (χ4v) is 4.03. The van der Waals surface area contributed by atoms with Crippen LogP contribution in [0.25, 0.3) is 0 Å². The van der Waals surface area contributed by atoms with Crippen LogP contribution in [0.15, 0.2) is 24.3 Å². The van der Waals surface area contributed by atoms with E-state index in [1.807, 2.05) is 0 Å². The smallest absolute Gasteiger partial charge is 0.406 e. The van der Waals surface area contributed by atoms with Crippen molar-refractivity contribution in [2.45, 2.75) is 12.8 Å². The Morgan fingerprint density at radius 2 is 1.84 bits per heavy atom. The van der Waals surface area contributed by atoms with E-state index in [1.54, 1.807) is 0 Å². The molecule has 0 radical (unpaired) electrons. The van der Waals surface area contributed by atoms with Gasteiger partial charge < -0.3 is 10.1 Å². The second-order valence-electron chi connectivity index (χ2n) is 5.24. The maximum atomic E-state index is 12.1. The van der Waals surface area contributed by atoms with Gasteiger partial charge in [0, 0.05) is 5.69 Å². The number of carbonyl (C=O) groups excluding carboxylic acids is 1. The number of halogens is 3. The van der Waals surface area contributed by atoms with E-state index in [-0.39, 0.29) is 28.8 Å². The van der Waals surface area contributed by atoms with Crippen molar-refractivity contribution < 1.29 is 31.1 Å². The summed E-state index contributed by atoms with van der Waals surface area (Å²) in [7, 11) is -3.17. The number of anilines is 1. The topological polar surface area (TPSA) is 96.5 Å². The molecule has 1 aromatic rings. The Morgan fingerprint density at radius 1 is 1.20 bits per heavy atom. The number of sulfone groups is 1. The number of benzene rings is 1. The Labute approximate surface area is 146 Å². The fourth-order valence-electron chi connectivity index (χ4n) is 2.12. The fraction of sp³-hybridized carbons (Fsp3) is 0.385. The number of hydrogen-bond acceptors (Lipinski definition) is 5. The highest BCUT2D eigenvalue weighted by molar-refractivity contribution is 7.91. The molecular formula is C13H14F3N3O4S2. The average molecular weight is 397 g/mol.